The van der Waals surface area contributed by atoms with Crippen molar-refractivity contribution in [2.75, 3.05) is 5.75 Å². The smallest absolute Gasteiger partial charge is 0.352 e. The van der Waals surface area contributed by atoms with E-state index in [2.05, 4.69) is 5.32 Å². The minimum Gasteiger partial charge on any atom is -0.477 e. The van der Waals surface area contributed by atoms with Crippen molar-refractivity contribution in [2.24, 2.45) is 5.73 Å². The number of nitrogens with one attached hydrogen (secondary N) is 1. The van der Waals surface area contributed by atoms with Gasteiger partial charge in [-0.2, -0.15) is 0 Å². The highest BCUT2D eigenvalue weighted by atomic mass is 32.2. The largest absolute Gasteiger partial charge is 0.477 e. The number of benzene rings is 1. The zero-order valence-corrected chi connectivity index (χ0v) is 14.5. The van der Waals surface area contributed by atoms with Gasteiger partial charge in [0.15, 0.2) is 0 Å². The summed E-state index contributed by atoms with van der Waals surface area (Å²) in [6, 6.07) is 8.08. The fourth-order valence-electron chi connectivity index (χ4n) is 2.95. The number of thioether (sulfide) groups is 1. The number of amides is 2. The third-order valence-electron chi connectivity index (χ3n) is 4.22. The molecule has 1 aromatic rings. The van der Waals surface area contributed by atoms with Crippen molar-refractivity contribution >= 4 is 29.5 Å². The normalized spacial score (nSPS) is 23.6. The molecule has 25 heavy (non-hydrogen) atoms. The molecule has 0 spiro atoms. The van der Waals surface area contributed by atoms with Crippen molar-refractivity contribution in [2.45, 2.75) is 30.8 Å². The van der Waals surface area contributed by atoms with Gasteiger partial charge in [0.25, 0.3) is 5.91 Å². The fraction of sp³-hybridized carbons (Fsp3) is 0.353. The Morgan fingerprint density at radius 1 is 1.40 bits per heavy atom. The first kappa shape index (κ1) is 17.5. The number of aliphatic carboxylic acids is 1. The second-order valence-electron chi connectivity index (χ2n) is 6.10. The maximum absolute atomic E-state index is 12.4. The molecule has 0 aliphatic carbocycles. The van der Waals surface area contributed by atoms with Gasteiger partial charge in [-0.05, 0) is 24.5 Å². The molecule has 7 nitrogen and oxygen atoms in total. The third-order valence-corrected chi connectivity index (χ3v) is 5.56. The number of nitrogens with zero attached hydrogens (tertiary/aromatic N) is 1. The van der Waals surface area contributed by atoms with Crippen LogP contribution in [0.3, 0.4) is 0 Å². The van der Waals surface area contributed by atoms with E-state index in [9.17, 15) is 19.5 Å². The van der Waals surface area contributed by atoms with E-state index < -0.39 is 35.2 Å². The van der Waals surface area contributed by atoms with Gasteiger partial charge in [0, 0.05) is 5.75 Å². The van der Waals surface area contributed by atoms with Gasteiger partial charge in [0.1, 0.15) is 17.1 Å². The van der Waals surface area contributed by atoms with Gasteiger partial charge in [-0.25, -0.2) is 4.79 Å². The zero-order chi connectivity index (χ0) is 18.1. The maximum atomic E-state index is 12.4. The van der Waals surface area contributed by atoms with Crippen molar-refractivity contribution < 1.29 is 19.5 Å². The van der Waals surface area contributed by atoms with Crippen LogP contribution in [0, 0.1) is 0 Å². The first-order valence-corrected chi connectivity index (χ1v) is 8.95. The number of fused-ring (bicyclic) bond motifs is 1. The average Bonchev–Trinajstić information content (AvgIpc) is 2.59. The van der Waals surface area contributed by atoms with Gasteiger partial charge in [0.05, 0.1) is 6.04 Å². The molecule has 3 atom stereocenters. The van der Waals surface area contributed by atoms with Crippen LogP contribution in [0.2, 0.25) is 0 Å². The van der Waals surface area contributed by atoms with Crippen molar-refractivity contribution in [1.29, 1.82) is 0 Å². The number of rotatable bonds is 5. The first-order valence-electron chi connectivity index (χ1n) is 7.90. The Morgan fingerprint density at radius 2 is 2.08 bits per heavy atom. The van der Waals surface area contributed by atoms with E-state index in [1.54, 1.807) is 0 Å². The molecule has 0 bridgehead atoms. The van der Waals surface area contributed by atoms with E-state index in [1.165, 1.54) is 23.6 Å². The zero-order valence-electron chi connectivity index (χ0n) is 13.6. The summed E-state index contributed by atoms with van der Waals surface area (Å²) < 4.78 is 0. The van der Waals surface area contributed by atoms with Crippen LogP contribution in [-0.2, 0) is 20.8 Å². The van der Waals surface area contributed by atoms with Crippen molar-refractivity contribution in [1.82, 2.24) is 10.2 Å². The van der Waals surface area contributed by atoms with Crippen LogP contribution >= 0.6 is 11.8 Å². The Labute approximate surface area is 149 Å². The summed E-state index contributed by atoms with van der Waals surface area (Å²) in [6.07, 6.45) is 0.475. The van der Waals surface area contributed by atoms with Crippen LogP contribution in [-0.4, -0.2) is 51.0 Å². The molecule has 0 radical (unpaired) electrons. The maximum Gasteiger partial charge on any atom is 0.352 e. The van der Waals surface area contributed by atoms with Crippen LogP contribution in [0.4, 0.5) is 0 Å². The van der Waals surface area contributed by atoms with Gasteiger partial charge in [-0.1, -0.05) is 30.3 Å². The molecule has 0 saturated carbocycles. The number of carboxylic acids is 1. The Bertz CT molecular complexity index is 748. The van der Waals surface area contributed by atoms with E-state index in [0.29, 0.717) is 17.7 Å². The lowest BCUT2D eigenvalue weighted by atomic mass is 9.99. The summed E-state index contributed by atoms with van der Waals surface area (Å²) in [6.45, 7) is 1.53. The summed E-state index contributed by atoms with van der Waals surface area (Å²) >= 11 is 1.46. The highest BCUT2D eigenvalue weighted by molar-refractivity contribution is 8.00. The molecule has 132 valence electrons. The molecular weight excluding hydrogens is 342 g/mol. The summed E-state index contributed by atoms with van der Waals surface area (Å²) in [5.41, 5.74) is 7.23. The predicted molar refractivity (Wildman–Crippen MR) is 93.5 cm³/mol. The van der Waals surface area contributed by atoms with E-state index >= 15 is 0 Å². The Hall–Kier alpha value is -2.32. The minimum atomic E-state index is -1.12. The van der Waals surface area contributed by atoms with Gasteiger partial charge in [-0.3, -0.25) is 14.5 Å². The monoisotopic (exact) mass is 361 g/mol. The summed E-state index contributed by atoms with van der Waals surface area (Å²) in [4.78, 5) is 37.2. The van der Waals surface area contributed by atoms with Crippen molar-refractivity contribution in [3.05, 3.63) is 47.2 Å². The molecule has 2 aliphatic rings. The van der Waals surface area contributed by atoms with Gasteiger partial charge >= 0.3 is 5.97 Å². The predicted octanol–water partition coefficient (Wildman–Crippen LogP) is 0.315. The fourth-order valence-corrected chi connectivity index (χ4v) is 4.29. The number of carbonyl (C=O) groups excluding carboxylic acids is 2. The highest BCUT2D eigenvalue weighted by Gasteiger charge is 2.54. The van der Waals surface area contributed by atoms with Gasteiger partial charge < -0.3 is 16.2 Å². The van der Waals surface area contributed by atoms with Crippen LogP contribution in [0.5, 0.6) is 0 Å². The molecular formula is C17H19N3O4S. The Balaban J connectivity index is 1.83. The molecule has 3 rings (SSSR count). The standard InChI is InChI=1S/C17H19N3O4S/c1-9(18)14(21)19-12-15(22)20-13(17(23)24)11(8-25-16(12)20)7-10-5-3-2-4-6-10/h2-6,9,12,16H,7-8,18H2,1H3,(H,19,21)(H,23,24)/t9-,12-,16-/m1/s1. The lowest BCUT2D eigenvalue weighted by Crippen LogP contribution is -2.71. The molecule has 8 heteroatoms. The summed E-state index contributed by atoms with van der Waals surface area (Å²) in [5, 5.41) is 11.8. The summed E-state index contributed by atoms with van der Waals surface area (Å²) in [7, 11) is 0. The Morgan fingerprint density at radius 3 is 2.68 bits per heavy atom. The quantitative estimate of drug-likeness (QED) is 0.651. The van der Waals surface area contributed by atoms with E-state index in [1.807, 2.05) is 30.3 Å². The molecule has 2 amide bonds. The molecule has 1 aromatic carbocycles. The number of hydrogen-bond donors (Lipinski definition) is 3. The molecule has 1 fully saturated rings. The third kappa shape index (κ3) is 3.27. The molecule has 4 N–H and O–H groups in total. The summed E-state index contributed by atoms with van der Waals surface area (Å²) in [5.74, 6) is -1.46. The minimum absolute atomic E-state index is 0.0314. The molecule has 1 saturated heterocycles. The molecule has 2 aliphatic heterocycles. The second-order valence-corrected chi connectivity index (χ2v) is 7.21. The van der Waals surface area contributed by atoms with Crippen LogP contribution in [0.15, 0.2) is 41.6 Å². The van der Waals surface area contributed by atoms with E-state index in [-0.39, 0.29) is 5.70 Å². The highest BCUT2D eigenvalue weighted by Crippen LogP contribution is 2.41. The van der Waals surface area contributed by atoms with E-state index in [0.717, 1.165) is 5.56 Å². The lowest BCUT2D eigenvalue weighted by Gasteiger charge is -2.49. The first-order chi connectivity index (χ1) is 11.9. The average molecular weight is 361 g/mol. The van der Waals surface area contributed by atoms with Crippen LogP contribution in [0.25, 0.3) is 0 Å². The number of β-lactam (4-membered cyclic amide) rings is 1. The van der Waals surface area contributed by atoms with Crippen molar-refractivity contribution in [3.8, 4) is 0 Å². The number of nitrogens with two attached hydrogens (primary N) is 1. The lowest BCUT2D eigenvalue weighted by molar-refractivity contribution is -0.150. The van der Waals surface area contributed by atoms with E-state index in [4.69, 9.17) is 5.73 Å². The second kappa shape index (κ2) is 6.89. The SMILES string of the molecule is C[C@@H](N)C(=O)N[C@@H]1C(=O)N2C(C(=O)O)=C(Cc3ccccc3)CS[C@H]12. The number of carboxylic acid groups (broad SMARTS) is 1. The van der Waals surface area contributed by atoms with Crippen molar-refractivity contribution in [3.63, 3.8) is 0 Å². The van der Waals surface area contributed by atoms with Gasteiger partial charge in [0.2, 0.25) is 5.91 Å². The molecule has 0 aromatic heterocycles. The molecule has 2 heterocycles. The topological polar surface area (TPSA) is 113 Å². The Kier molecular flexibility index (Phi) is 4.82. The van der Waals surface area contributed by atoms with Gasteiger partial charge in [-0.15, -0.1) is 11.8 Å². The van der Waals surface area contributed by atoms with Crippen LogP contribution in [0.1, 0.15) is 12.5 Å². The number of hydrogen-bond acceptors (Lipinski definition) is 5. The molecule has 0 unspecified atom stereocenters. The van der Waals surface area contributed by atoms with Crippen LogP contribution < -0.4 is 11.1 Å². The number of carbonyl (C=O) groups is 3.